The molecule has 0 saturated heterocycles. The van der Waals surface area contributed by atoms with E-state index in [1.807, 2.05) is 34.6 Å². The summed E-state index contributed by atoms with van der Waals surface area (Å²) in [5.74, 6) is -0.962. The highest BCUT2D eigenvalue weighted by Gasteiger charge is 2.68. The molecule has 0 heterocycles. The molecular formula is C14H26O5. The van der Waals surface area contributed by atoms with E-state index in [9.17, 15) is 9.90 Å². The molecule has 112 valence electrons. The van der Waals surface area contributed by atoms with Crippen molar-refractivity contribution in [3.63, 3.8) is 0 Å². The van der Waals surface area contributed by atoms with Crippen molar-refractivity contribution >= 4 is 5.97 Å². The van der Waals surface area contributed by atoms with Crippen LogP contribution in [-0.4, -0.2) is 33.6 Å². The van der Waals surface area contributed by atoms with Gasteiger partial charge in [-0.2, -0.15) is 0 Å². The Hall–Kier alpha value is -0.650. The summed E-state index contributed by atoms with van der Waals surface area (Å²) < 4.78 is 5.38. The van der Waals surface area contributed by atoms with Gasteiger partial charge in [-0.05, 0) is 40.0 Å². The van der Waals surface area contributed by atoms with Crippen LogP contribution < -0.4 is 0 Å². The van der Waals surface area contributed by atoms with Gasteiger partial charge in [0.1, 0.15) is 11.7 Å². The monoisotopic (exact) mass is 274 g/mol. The lowest BCUT2D eigenvalue weighted by Crippen LogP contribution is -2.41. The van der Waals surface area contributed by atoms with Crippen LogP contribution in [0, 0.1) is 17.3 Å². The molecule has 0 bridgehead atoms. The quantitative estimate of drug-likeness (QED) is 0.467. The van der Waals surface area contributed by atoms with Crippen LogP contribution >= 0.6 is 0 Å². The van der Waals surface area contributed by atoms with E-state index in [1.165, 1.54) is 0 Å². The zero-order chi connectivity index (χ0) is 15.2. The highest BCUT2D eigenvalue weighted by Crippen LogP contribution is 2.62. The van der Waals surface area contributed by atoms with E-state index in [2.05, 4.69) is 4.89 Å². The van der Waals surface area contributed by atoms with Gasteiger partial charge in [-0.25, -0.2) is 4.89 Å². The molecule has 0 aliphatic heterocycles. The number of aliphatic hydroxyl groups is 1. The molecule has 2 N–H and O–H groups in total. The second-order valence-corrected chi connectivity index (χ2v) is 7.54. The summed E-state index contributed by atoms with van der Waals surface area (Å²) in [6.45, 7) is 12.3. The van der Waals surface area contributed by atoms with Crippen LogP contribution in [0.4, 0.5) is 0 Å². The zero-order valence-corrected chi connectivity index (χ0v) is 12.9. The number of rotatable bonds is 4. The van der Waals surface area contributed by atoms with Gasteiger partial charge in [-0.3, -0.25) is 10.1 Å². The van der Waals surface area contributed by atoms with Crippen LogP contribution in [0.25, 0.3) is 0 Å². The van der Waals surface area contributed by atoms with Crippen molar-refractivity contribution in [2.45, 2.75) is 65.8 Å². The van der Waals surface area contributed by atoms with E-state index in [0.29, 0.717) is 0 Å². The Morgan fingerprint density at radius 1 is 1.21 bits per heavy atom. The van der Waals surface area contributed by atoms with Gasteiger partial charge in [0.2, 0.25) is 0 Å². The van der Waals surface area contributed by atoms with Crippen molar-refractivity contribution in [2.75, 3.05) is 0 Å². The van der Waals surface area contributed by atoms with Crippen LogP contribution in [0.3, 0.4) is 0 Å². The average molecular weight is 274 g/mol. The van der Waals surface area contributed by atoms with Gasteiger partial charge in [0.25, 0.3) is 0 Å². The maximum absolute atomic E-state index is 12.2. The van der Waals surface area contributed by atoms with Gasteiger partial charge in [0, 0.05) is 5.92 Å². The van der Waals surface area contributed by atoms with Crippen LogP contribution in [-0.2, 0) is 14.4 Å². The Labute approximate surface area is 114 Å². The molecule has 0 aromatic heterocycles. The van der Waals surface area contributed by atoms with Crippen molar-refractivity contribution in [3.05, 3.63) is 0 Å². The van der Waals surface area contributed by atoms with Crippen molar-refractivity contribution in [3.8, 4) is 0 Å². The van der Waals surface area contributed by atoms with E-state index in [4.69, 9.17) is 9.99 Å². The van der Waals surface area contributed by atoms with Crippen molar-refractivity contribution in [1.29, 1.82) is 0 Å². The fourth-order valence-corrected chi connectivity index (χ4v) is 2.69. The molecule has 3 atom stereocenters. The molecule has 5 heteroatoms. The molecule has 0 spiro atoms. The molecule has 3 unspecified atom stereocenters. The minimum Gasteiger partial charge on any atom is -0.460 e. The lowest BCUT2D eigenvalue weighted by Gasteiger charge is -2.27. The fourth-order valence-electron chi connectivity index (χ4n) is 2.69. The molecule has 0 radical (unpaired) electrons. The molecule has 1 aliphatic carbocycles. The van der Waals surface area contributed by atoms with Crippen molar-refractivity contribution in [2.24, 2.45) is 17.3 Å². The number of ether oxygens (including phenoxy) is 1. The first kappa shape index (κ1) is 16.4. The van der Waals surface area contributed by atoms with Gasteiger partial charge in [0.05, 0.1) is 11.5 Å². The zero-order valence-electron chi connectivity index (χ0n) is 12.9. The highest BCUT2D eigenvalue weighted by atomic mass is 17.1. The van der Waals surface area contributed by atoms with E-state index in [-0.39, 0.29) is 23.2 Å². The summed E-state index contributed by atoms with van der Waals surface area (Å²) in [4.78, 5) is 16.6. The van der Waals surface area contributed by atoms with E-state index >= 15 is 0 Å². The summed E-state index contributed by atoms with van der Waals surface area (Å²) in [6.07, 6.45) is -0.819. The number of hydrogen-bond donors (Lipinski definition) is 2. The first-order chi connectivity index (χ1) is 8.32. The topological polar surface area (TPSA) is 76.0 Å². The molecule has 0 aromatic rings. The fraction of sp³-hybridized carbons (Fsp3) is 0.929. The van der Waals surface area contributed by atoms with Gasteiger partial charge in [-0.1, -0.05) is 13.8 Å². The molecule has 0 amide bonds. The molecule has 19 heavy (non-hydrogen) atoms. The molecular weight excluding hydrogens is 248 g/mol. The van der Waals surface area contributed by atoms with Crippen LogP contribution in [0.15, 0.2) is 0 Å². The number of hydrogen-bond acceptors (Lipinski definition) is 5. The second-order valence-electron chi connectivity index (χ2n) is 7.54. The van der Waals surface area contributed by atoms with Crippen LogP contribution in [0.1, 0.15) is 48.5 Å². The Kier molecular flexibility index (Phi) is 4.07. The predicted octanol–water partition coefficient (Wildman–Crippen LogP) is 2.23. The molecule has 1 rings (SSSR count). The number of carbonyl (C=O) groups is 1. The van der Waals surface area contributed by atoms with Crippen molar-refractivity contribution < 1.29 is 24.8 Å². The molecule has 1 aliphatic rings. The first-order valence-electron chi connectivity index (χ1n) is 6.58. The van der Waals surface area contributed by atoms with Crippen molar-refractivity contribution in [1.82, 2.24) is 0 Å². The average Bonchev–Trinajstić information content (AvgIpc) is 2.64. The SMILES string of the molecule is CC(C)(C)OC(=O)C1C(C(OO)C(C)(C)O)C1(C)C. The summed E-state index contributed by atoms with van der Waals surface area (Å²) in [6, 6.07) is 0. The van der Waals surface area contributed by atoms with Gasteiger partial charge in [-0.15, -0.1) is 0 Å². The molecule has 0 aromatic carbocycles. The Bertz CT molecular complexity index is 348. The lowest BCUT2D eigenvalue weighted by molar-refractivity contribution is -0.317. The minimum absolute atomic E-state index is 0.271. The summed E-state index contributed by atoms with van der Waals surface area (Å²) in [5, 5.41) is 19.0. The van der Waals surface area contributed by atoms with Gasteiger partial charge < -0.3 is 9.84 Å². The van der Waals surface area contributed by atoms with Crippen LogP contribution in [0.5, 0.6) is 0 Å². The normalized spacial score (nSPS) is 27.8. The minimum atomic E-state index is -1.23. The smallest absolute Gasteiger partial charge is 0.310 e. The Morgan fingerprint density at radius 2 is 1.68 bits per heavy atom. The third kappa shape index (κ3) is 3.46. The third-order valence-electron chi connectivity index (χ3n) is 3.71. The molecule has 1 saturated carbocycles. The van der Waals surface area contributed by atoms with E-state index in [0.717, 1.165) is 0 Å². The maximum Gasteiger partial charge on any atom is 0.310 e. The predicted molar refractivity (Wildman–Crippen MR) is 70.4 cm³/mol. The van der Waals surface area contributed by atoms with Gasteiger partial charge >= 0.3 is 5.97 Å². The van der Waals surface area contributed by atoms with Gasteiger partial charge in [0.15, 0.2) is 0 Å². The first-order valence-corrected chi connectivity index (χ1v) is 6.58. The van der Waals surface area contributed by atoms with E-state index in [1.54, 1.807) is 13.8 Å². The summed E-state index contributed by atoms with van der Waals surface area (Å²) >= 11 is 0. The Morgan fingerprint density at radius 3 is 2.00 bits per heavy atom. The molecule has 1 fully saturated rings. The second kappa shape index (κ2) is 4.72. The number of carbonyl (C=O) groups excluding carboxylic acids is 1. The summed E-state index contributed by atoms with van der Waals surface area (Å²) in [7, 11) is 0. The largest absolute Gasteiger partial charge is 0.460 e. The Balaban J connectivity index is 2.86. The summed E-state index contributed by atoms with van der Waals surface area (Å²) in [5.41, 5.74) is -2.15. The van der Waals surface area contributed by atoms with Crippen LogP contribution in [0.2, 0.25) is 0 Å². The third-order valence-corrected chi connectivity index (χ3v) is 3.71. The number of esters is 1. The maximum atomic E-state index is 12.2. The molecule has 5 nitrogen and oxygen atoms in total. The lowest BCUT2D eigenvalue weighted by atomic mass is 9.93. The van der Waals surface area contributed by atoms with E-state index < -0.39 is 17.3 Å². The highest BCUT2D eigenvalue weighted by molar-refractivity contribution is 5.78. The standard InChI is InChI=1S/C14H26O5/c1-12(2,3)18-11(15)9-8(13(9,4)5)10(19-17)14(6,7)16/h8-10,16-17H,1-7H3.